The van der Waals surface area contributed by atoms with Crippen LogP contribution in [-0.2, 0) is 11.3 Å². The smallest absolute Gasteiger partial charge is 0.266 e. The van der Waals surface area contributed by atoms with Crippen molar-refractivity contribution in [2.24, 2.45) is 0 Å². The SMILES string of the molecule is C/C(=C1/SC(=S)N(Cc2ccccc2)C1=O)c1ccc(F)cc1. The summed E-state index contributed by atoms with van der Waals surface area (Å²) in [6, 6.07) is 15.9. The summed E-state index contributed by atoms with van der Waals surface area (Å²) in [5, 5.41) is 0. The van der Waals surface area contributed by atoms with Crippen molar-refractivity contribution in [2.45, 2.75) is 13.5 Å². The molecule has 0 unspecified atom stereocenters. The van der Waals surface area contributed by atoms with Gasteiger partial charge in [0.25, 0.3) is 5.91 Å². The number of carbonyl (C=O) groups excluding carboxylic acids is 1. The van der Waals surface area contributed by atoms with E-state index in [0.717, 1.165) is 16.7 Å². The van der Waals surface area contributed by atoms with Gasteiger partial charge in [-0.1, -0.05) is 66.4 Å². The first kappa shape index (κ1) is 15.9. The van der Waals surface area contributed by atoms with Crippen molar-refractivity contribution in [1.29, 1.82) is 0 Å². The van der Waals surface area contributed by atoms with Gasteiger partial charge in [0.1, 0.15) is 10.1 Å². The van der Waals surface area contributed by atoms with Gasteiger partial charge < -0.3 is 0 Å². The summed E-state index contributed by atoms with van der Waals surface area (Å²) in [6.07, 6.45) is 0. The van der Waals surface area contributed by atoms with Gasteiger partial charge in [-0.2, -0.15) is 0 Å². The Balaban J connectivity index is 1.88. The molecule has 0 bridgehead atoms. The molecule has 1 heterocycles. The lowest BCUT2D eigenvalue weighted by molar-refractivity contribution is -0.122. The monoisotopic (exact) mass is 343 g/mol. The highest BCUT2D eigenvalue weighted by Crippen LogP contribution is 2.37. The molecule has 0 aromatic heterocycles. The summed E-state index contributed by atoms with van der Waals surface area (Å²) in [4.78, 5) is 14.9. The number of thioether (sulfide) groups is 1. The van der Waals surface area contributed by atoms with Gasteiger partial charge in [0.2, 0.25) is 0 Å². The van der Waals surface area contributed by atoms with E-state index in [2.05, 4.69) is 0 Å². The highest BCUT2D eigenvalue weighted by atomic mass is 32.2. The Morgan fingerprint density at radius 2 is 1.78 bits per heavy atom. The van der Waals surface area contributed by atoms with Crippen LogP contribution in [0.5, 0.6) is 0 Å². The highest BCUT2D eigenvalue weighted by molar-refractivity contribution is 8.26. The van der Waals surface area contributed by atoms with Crippen molar-refractivity contribution in [2.75, 3.05) is 0 Å². The number of thiocarbonyl (C=S) groups is 1. The first-order chi connectivity index (χ1) is 11.1. The van der Waals surface area contributed by atoms with E-state index < -0.39 is 0 Å². The van der Waals surface area contributed by atoms with Crippen molar-refractivity contribution in [3.63, 3.8) is 0 Å². The standard InChI is InChI=1S/C18H14FNOS2/c1-12(14-7-9-15(19)10-8-14)16-17(21)20(18(22)23-16)11-13-5-3-2-4-6-13/h2-10H,11H2,1H3/b16-12-. The maximum absolute atomic E-state index is 13.1. The van der Waals surface area contributed by atoms with Crippen LogP contribution in [0, 0.1) is 5.82 Å². The second kappa shape index (κ2) is 6.64. The van der Waals surface area contributed by atoms with Crippen LogP contribution < -0.4 is 0 Å². The lowest BCUT2D eigenvalue weighted by Gasteiger charge is -2.14. The van der Waals surface area contributed by atoms with Gasteiger partial charge in [0, 0.05) is 0 Å². The average molecular weight is 343 g/mol. The van der Waals surface area contributed by atoms with E-state index >= 15 is 0 Å². The molecule has 3 rings (SSSR count). The van der Waals surface area contributed by atoms with Crippen LogP contribution in [0.1, 0.15) is 18.1 Å². The lowest BCUT2D eigenvalue weighted by Crippen LogP contribution is -2.27. The summed E-state index contributed by atoms with van der Waals surface area (Å²) in [5.74, 6) is -0.385. The normalized spacial score (nSPS) is 16.9. The molecule has 5 heteroatoms. The first-order valence-corrected chi connectivity index (χ1v) is 8.33. The lowest BCUT2D eigenvalue weighted by atomic mass is 10.1. The van der Waals surface area contributed by atoms with E-state index in [9.17, 15) is 9.18 Å². The van der Waals surface area contributed by atoms with Crippen LogP contribution in [0.25, 0.3) is 5.57 Å². The van der Waals surface area contributed by atoms with Gasteiger partial charge in [-0.25, -0.2) is 4.39 Å². The highest BCUT2D eigenvalue weighted by Gasteiger charge is 2.33. The number of amides is 1. The second-order valence-electron chi connectivity index (χ2n) is 5.21. The molecule has 0 atom stereocenters. The molecule has 1 saturated heterocycles. The first-order valence-electron chi connectivity index (χ1n) is 7.10. The van der Waals surface area contributed by atoms with E-state index in [1.807, 2.05) is 37.3 Å². The van der Waals surface area contributed by atoms with Gasteiger partial charge in [0.05, 0.1) is 11.4 Å². The number of nitrogens with zero attached hydrogens (tertiary/aromatic N) is 1. The number of hydrogen-bond acceptors (Lipinski definition) is 3. The Morgan fingerprint density at radius 3 is 2.43 bits per heavy atom. The van der Waals surface area contributed by atoms with Crippen molar-refractivity contribution in [1.82, 2.24) is 4.90 Å². The van der Waals surface area contributed by atoms with Crippen LogP contribution in [0.4, 0.5) is 4.39 Å². The van der Waals surface area contributed by atoms with E-state index in [-0.39, 0.29) is 11.7 Å². The third-order valence-electron chi connectivity index (χ3n) is 3.65. The summed E-state index contributed by atoms with van der Waals surface area (Å²) in [6.45, 7) is 2.33. The van der Waals surface area contributed by atoms with Crippen LogP contribution in [0.3, 0.4) is 0 Å². The molecule has 0 saturated carbocycles. The molecular weight excluding hydrogens is 329 g/mol. The predicted molar refractivity (Wildman–Crippen MR) is 96.2 cm³/mol. The van der Waals surface area contributed by atoms with Gasteiger partial charge in [0.15, 0.2) is 0 Å². The minimum Gasteiger partial charge on any atom is -0.288 e. The number of hydrogen-bond donors (Lipinski definition) is 0. The molecule has 1 aliphatic heterocycles. The minimum absolute atomic E-state index is 0.0920. The molecule has 1 amide bonds. The van der Waals surface area contributed by atoms with Crippen molar-refractivity contribution in [3.8, 4) is 0 Å². The fourth-order valence-corrected chi connectivity index (χ4v) is 3.66. The Bertz CT molecular complexity index is 784. The van der Waals surface area contributed by atoms with Crippen molar-refractivity contribution in [3.05, 3.63) is 76.4 Å². The van der Waals surface area contributed by atoms with E-state index in [0.29, 0.717) is 15.8 Å². The van der Waals surface area contributed by atoms with Gasteiger partial charge in [-0.3, -0.25) is 9.69 Å². The molecule has 2 aromatic carbocycles. The maximum Gasteiger partial charge on any atom is 0.266 e. The predicted octanol–water partition coefficient (Wildman–Crippen LogP) is 4.62. The maximum atomic E-state index is 13.1. The third kappa shape index (κ3) is 3.35. The topological polar surface area (TPSA) is 20.3 Å². The summed E-state index contributed by atoms with van der Waals surface area (Å²) in [7, 11) is 0. The minimum atomic E-state index is -0.293. The fraction of sp³-hybridized carbons (Fsp3) is 0.111. The zero-order valence-electron chi connectivity index (χ0n) is 12.5. The molecule has 23 heavy (non-hydrogen) atoms. The van der Waals surface area contributed by atoms with Crippen LogP contribution in [0.15, 0.2) is 59.5 Å². The molecule has 2 nitrogen and oxygen atoms in total. The quantitative estimate of drug-likeness (QED) is 0.599. The van der Waals surface area contributed by atoms with E-state index in [4.69, 9.17) is 12.2 Å². The third-order valence-corrected chi connectivity index (χ3v) is 5.20. The molecule has 116 valence electrons. The Labute approximate surface area is 144 Å². The molecule has 2 aromatic rings. The van der Waals surface area contributed by atoms with Crippen molar-refractivity contribution >= 4 is 39.8 Å². The molecule has 0 N–H and O–H groups in total. The number of halogens is 1. The fourth-order valence-electron chi connectivity index (χ4n) is 2.36. The van der Waals surface area contributed by atoms with Gasteiger partial charge in [-0.05, 0) is 35.8 Å². The molecular formula is C18H14FNOS2. The Kier molecular flexibility index (Phi) is 4.59. The zero-order chi connectivity index (χ0) is 16.4. The number of allylic oxidation sites excluding steroid dienone is 1. The van der Waals surface area contributed by atoms with Crippen LogP contribution in [0.2, 0.25) is 0 Å². The number of carbonyl (C=O) groups is 1. The van der Waals surface area contributed by atoms with Crippen LogP contribution >= 0.6 is 24.0 Å². The molecule has 0 spiro atoms. The summed E-state index contributed by atoms with van der Waals surface area (Å²) < 4.78 is 13.6. The summed E-state index contributed by atoms with van der Waals surface area (Å²) in [5.41, 5.74) is 2.68. The number of benzene rings is 2. The number of rotatable bonds is 3. The molecule has 0 radical (unpaired) electrons. The van der Waals surface area contributed by atoms with Gasteiger partial charge >= 0.3 is 0 Å². The van der Waals surface area contributed by atoms with E-state index in [1.165, 1.54) is 23.9 Å². The van der Waals surface area contributed by atoms with E-state index in [1.54, 1.807) is 17.0 Å². The average Bonchev–Trinajstić information content (AvgIpc) is 2.84. The summed E-state index contributed by atoms with van der Waals surface area (Å²) >= 11 is 6.66. The molecule has 1 fully saturated rings. The Morgan fingerprint density at radius 1 is 1.13 bits per heavy atom. The second-order valence-corrected chi connectivity index (χ2v) is 6.85. The Hall–Kier alpha value is -1.98. The van der Waals surface area contributed by atoms with Gasteiger partial charge in [-0.15, -0.1) is 0 Å². The zero-order valence-corrected chi connectivity index (χ0v) is 14.1. The largest absolute Gasteiger partial charge is 0.288 e. The van der Waals surface area contributed by atoms with Crippen molar-refractivity contribution < 1.29 is 9.18 Å². The molecule has 0 aliphatic carbocycles. The van der Waals surface area contributed by atoms with Crippen LogP contribution in [-0.4, -0.2) is 15.1 Å². The molecule has 1 aliphatic rings.